The van der Waals surface area contributed by atoms with Gasteiger partial charge in [0.1, 0.15) is 11.7 Å². The molecule has 0 fully saturated rings. The van der Waals surface area contributed by atoms with Crippen molar-refractivity contribution in [1.82, 2.24) is 9.88 Å². The molecule has 2 amide bonds. The van der Waals surface area contributed by atoms with Crippen LogP contribution in [0.5, 0.6) is 0 Å². The number of nitrogens with zero attached hydrogens (tertiary/aromatic N) is 1. The fourth-order valence-corrected chi connectivity index (χ4v) is 1.67. The molecule has 104 valence electrons. The predicted molar refractivity (Wildman–Crippen MR) is 67.5 cm³/mol. The van der Waals surface area contributed by atoms with Crippen molar-refractivity contribution in [1.29, 1.82) is 0 Å². The number of amides is 2. The van der Waals surface area contributed by atoms with Crippen LogP contribution in [0.25, 0.3) is 0 Å². The van der Waals surface area contributed by atoms with Crippen LogP contribution in [-0.2, 0) is 9.59 Å². The van der Waals surface area contributed by atoms with Gasteiger partial charge in [0, 0.05) is 12.2 Å². The average molecular weight is 267 g/mol. The summed E-state index contributed by atoms with van der Waals surface area (Å²) >= 11 is 0. The first-order chi connectivity index (χ1) is 8.82. The third-order valence-corrected chi connectivity index (χ3v) is 2.58. The summed E-state index contributed by atoms with van der Waals surface area (Å²) in [6.45, 7) is 3.80. The van der Waals surface area contributed by atoms with Crippen LogP contribution in [-0.4, -0.2) is 33.5 Å². The van der Waals surface area contributed by atoms with E-state index in [1.807, 2.05) is 13.8 Å². The van der Waals surface area contributed by atoms with Crippen LogP contribution in [0.1, 0.15) is 36.8 Å². The highest BCUT2D eigenvalue weighted by molar-refractivity contribution is 5.96. The molecular formula is C12H17N3O4. The molecule has 0 aromatic carbocycles. The van der Waals surface area contributed by atoms with Gasteiger partial charge in [0.15, 0.2) is 0 Å². The zero-order valence-corrected chi connectivity index (χ0v) is 10.8. The van der Waals surface area contributed by atoms with Crippen molar-refractivity contribution in [2.75, 3.05) is 0 Å². The van der Waals surface area contributed by atoms with E-state index in [2.05, 4.69) is 5.32 Å². The number of aliphatic carboxylic acids is 1. The molecule has 0 bridgehead atoms. The molecule has 0 aliphatic carbocycles. The summed E-state index contributed by atoms with van der Waals surface area (Å²) in [5.41, 5.74) is 5.28. The summed E-state index contributed by atoms with van der Waals surface area (Å²) in [5.74, 6) is -2.63. The Bertz CT molecular complexity index is 493. The Morgan fingerprint density at radius 3 is 2.53 bits per heavy atom. The third kappa shape index (κ3) is 3.84. The van der Waals surface area contributed by atoms with Gasteiger partial charge in [0.2, 0.25) is 5.91 Å². The number of carbonyl (C=O) groups excluding carboxylic acids is 2. The molecule has 0 saturated carbocycles. The number of rotatable bonds is 6. The first-order valence-electron chi connectivity index (χ1n) is 5.81. The third-order valence-electron chi connectivity index (χ3n) is 2.58. The standard InChI is InChI=1S/C12H17N3O4/c1-7(2)15-5-3-4-9(15)11(17)14-8(12(18)19)6-10(13)16/h3-5,7-8H,6H2,1-2H3,(H2,13,16)(H,14,17)(H,18,19)/t8-/m0/s1. The minimum atomic E-state index is -1.32. The Balaban J connectivity index is 2.85. The van der Waals surface area contributed by atoms with Crippen molar-refractivity contribution in [3.63, 3.8) is 0 Å². The number of nitrogens with one attached hydrogen (secondary N) is 1. The topological polar surface area (TPSA) is 114 Å². The SMILES string of the molecule is CC(C)n1cccc1C(=O)N[C@@H](CC(N)=O)C(=O)O. The van der Waals surface area contributed by atoms with Gasteiger partial charge in [-0.2, -0.15) is 0 Å². The number of primary amides is 1. The maximum Gasteiger partial charge on any atom is 0.326 e. The number of hydrogen-bond acceptors (Lipinski definition) is 3. The first-order valence-corrected chi connectivity index (χ1v) is 5.81. The van der Waals surface area contributed by atoms with Crippen LogP contribution < -0.4 is 11.1 Å². The first kappa shape index (κ1) is 14.7. The second kappa shape index (κ2) is 6.03. The second-order valence-corrected chi connectivity index (χ2v) is 4.43. The van der Waals surface area contributed by atoms with Crippen LogP contribution in [0.2, 0.25) is 0 Å². The van der Waals surface area contributed by atoms with E-state index in [1.54, 1.807) is 22.9 Å². The van der Waals surface area contributed by atoms with Gasteiger partial charge in [0.05, 0.1) is 6.42 Å². The lowest BCUT2D eigenvalue weighted by atomic mass is 10.2. The van der Waals surface area contributed by atoms with Crippen molar-refractivity contribution < 1.29 is 19.5 Å². The maximum atomic E-state index is 12.0. The zero-order valence-electron chi connectivity index (χ0n) is 10.8. The minimum absolute atomic E-state index is 0.0650. The molecule has 0 saturated heterocycles. The maximum absolute atomic E-state index is 12.0. The minimum Gasteiger partial charge on any atom is -0.480 e. The molecule has 0 aliphatic heterocycles. The molecule has 7 heteroatoms. The molecule has 0 unspecified atom stereocenters. The lowest BCUT2D eigenvalue weighted by Gasteiger charge is -2.16. The monoisotopic (exact) mass is 267 g/mol. The predicted octanol–water partition coefficient (Wildman–Crippen LogP) is 0.127. The van der Waals surface area contributed by atoms with Gasteiger partial charge in [0.25, 0.3) is 5.91 Å². The van der Waals surface area contributed by atoms with Crippen LogP contribution in [0.4, 0.5) is 0 Å². The van der Waals surface area contributed by atoms with Gasteiger partial charge < -0.3 is 20.7 Å². The summed E-state index contributed by atoms with van der Waals surface area (Å²) < 4.78 is 1.71. The molecule has 0 radical (unpaired) electrons. The summed E-state index contributed by atoms with van der Waals surface area (Å²) in [5, 5.41) is 11.2. The largest absolute Gasteiger partial charge is 0.480 e. The van der Waals surface area contributed by atoms with Crippen molar-refractivity contribution in [3.8, 4) is 0 Å². The molecule has 1 heterocycles. The van der Waals surface area contributed by atoms with E-state index in [0.717, 1.165) is 0 Å². The van der Waals surface area contributed by atoms with E-state index < -0.39 is 30.2 Å². The molecule has 0 aliphatic rings. The van der Waals surface area contributed by atoms with Gasteiger partial charge in [-0.3, -0.25) is 9.59 Å². The highest BCUT2D eigenvalue weighted by Crippen LogP contribution is 2.11. The second-order valence-electron chi connectivity index (χ2n) is 4.43. The normalized spacial score (nSPS) is 12.2. The molecule has 7 nitrogen and oxygen atoms in total. The molecule has 4 N–H and O–H groups in total. The Kier molecular flexibility index (Phi) is 4.68. The average Bonchev–Trinajstić information content (AvgIpc) is 2.76. The smallest absolute Gasteiger partial charge is 0.326 e. The van der Waals surface area contributed by atoms with Crippen molar-refractivity contribution >= 4 is 17.8 Å². The quantitative estimate of drug-likeness (QED) is 0.679. The molecule has 1 aromatic rings. The lowest BCUT2D eigenvalue weighted by molar-refractivity contribution is -0.140. The van der Waals surface area contributed by atoms with E-state index >= 15 is 0 Å². The van der Waals surface area contributed by atoms with E-state index in [4.69, 9.17) is 10.8 Å². The molecule has 1 aromatic heterocycles. The Labute approximate surface area is 110 Å². The van der Waals surface area contributed by atoms with Crippen molar-refractivity contribution in [2.45, 2.75) is 32.4 Å². The summed E-state index contributed by atoms with van der Waals surface area (Å²) in [4.78, 5) is 33.7. The Morgan fingerprint density at radius 1 is 1.42 bits per heavy atom. The van der Waals surface area contributed by atoms with Gasteiger partial charge >= 0.3 is 5.97 Å². The van der Waals surface area contributed by atoms with Gasteiger partial charge in [-0.25, -0.2) is 4.79 Å². The van der Waals surface area contributed by atoms with E-state index in [0.29, 0.717) is 5.69 Å². The van der Waals surface area contributed by atoms with E-state index in [1.165, 1.54) is 0 Å². The summed E-state index contributed by atoms with van der Waals surface area (Å²) in [6, 6.07) is 2.02. The molecule has 1 atom stereocenters. The Morgan fingerprint density at radius 2 is 2.05 bits per heavy atom. The Hall–Kier alpha value is -2.31. The number of nitrogens with two attached hydrogens (primary N) is 1. The van der Waals surface area contributed by atoms with Gasteiger partial charge in [-0.05, 0) is 26.0 Å². The van der Waals surface area contributed by atoms with Gasteiger partial charge in [-0.15, -0.1) is 0 Å². The summed E-state index contributed by atoms with van der Waals surface area (Å²) in [7, 11) is 0. The van der Waals surface area contributed by atoms with E-state index in [-0.39, 0.29) is 6.04 Å². The van der Waals surface area contributed by atoms with Crippen LogP contribution in [0.3, 0.4) is 0 Å². The highest BCUT2D eigenvalue weighted by atomic mass is 16.4. The number of carboxylic acids is 1. The lowest BCUT2D eigenvalue weighted by Crippen LogP contribution is -2.43. The number of hydrogen-bond donors (Lipinski definition) is 3. The number of carbonyl (C=O) groups is 3. The molecule has 1 rings (SSSR count). The highest BCUT2D eigenvalue weighted by Gasteiger charge is 2.24. The fraction of sp³-hybridized carbons (Fsp3) is 0.417. The van der Waals surface area contributed by atoms with Crippen LogP contribution in [0.15, 0.2) is 18.3 Å². The summed E-state index contributed by atoms with van der Waals surface area (Å²) in [6.07, 6.45) is 1.28. The van der Waals surface area contributed by atoms with Crippen molar-refractivity contribution in [3.05, 3.63) is 24.0 Å². The van der Waals surface area contributed by atoms with Crippen LogP contribution in [0, 0.1) is 0 Å². The molecular weight excluding hydrogens is 250 g/mol. The van der Waals surface area contributed by atoms with Crippen molar-refractivity contribution in [2.24, 2.45) is 5.73 Å². The molecule has 0 spiro atoms. The van der Waals surface area contributed by atoms with Crippen LogP contribution >= 0.6 is 0 Å². The zero-order chi connectivity index (χ0) is 14.6. The molecule has 19 heavy (non-hydrogen) atoms. The number of carboxylic acid groups (broad SMARTS) is 1. The van der Waals surface area contributed by atoms with E-state index in [9.17, 15) is 14.4 Å². The fourth-order valence-electron chi connectivity index (χ4n) is 1.67. The van der Waals surface area contributed by atoms with Gasteiger partial charge in [-0.1, -0.05) is 0 Å². The number of aromatic nitrogens is 1.